The average Bonchev–Trinajstić information content (AvgIpc) is 2.35. The first kappa shape index (κ1) is 16.0. The Hall–Kier alpha value is -1.06. The highest BCUT2D eigenvalue weighted by atomic mass is 16.2. The summed E-state index contributed by atoms with van der Waals surface area (Å²) >= 11 is 0. The van der Waals surface area contributed by atoms with E-state index in [1.165, 1.54) is 19.3 Å². The van der Waals surface area contributed by atoms with Gasteiger partial charge in [0.2, 0.25) is 0 Å². The van der Waals surface area contributed by atoms with Crippen molar-refractivity contribution in [3.05, 3.63) is 0 Å². The number of rotatable bonds is 5. The van der Waals surface area contributed by atoms with Crippen LogP contribution in [0.1, 0.15) is 59.8 Å². The SMILES string of the molecule is CC(C)NC(=O)N[C@H](C(=O)C(C)C)C1CCCCC1. The van der Waals surface area contributed by atoms with Crippen LogP contribution in [0.5, 0.6) is 0 Å². The van der Waals surface area contributed by atoms with Gasteiger partial charge in [-0.3, -0.25) is 4.79 Å². The molecule has 2 N–H and O–H groups in total. The fourth-order valence-corrected chi connectivity index (χ4v) is 2.69. The maximum atomic E-state index is 12.3. The molecule has 4 nitrogen and oxygen atoms in total. The molecule has 0 aromatic heterocycles. The van der Waals surface area contributed by atoms with Gasteiger partial charge in [0, 0.05) is 12.0 Å². The molecule has 0 bridgehead atoms. The minimum absolute atomic E-state index is 0.0359. The lowest BCUT2D eigenvalue weighted by atomic mass is 9.80. The third kappa shape index (κ3) is 5.21. The Kier molecular flexibility index (Phi) is 6.32. The summed E-state index contributed by atoms with van der Waals surface area (Å²) in [5.41, 5.74) is 0. The zero-order chi connectivity index (χ0) is 14.4. The number of carbonyl (C=O) groups is 2. The minimum Gasteiger partial charge on any atom is -0.336 e. The number of nitrogens with one attached hydrogen (secondary N) is 2. The third-order valence-electron chi connectivity index (χ3n) is 3.70. The molecule has 1 atom stereocenters. The Morgan fingerprint density at radius 2 is 1.53 bits per heavy atom. The van der Waals surface area contributed by atoms with E-state index >= 15 is 0 Å². The first-order valence-electron chi connectivity index (χ1n) is 7.52. The Labute approximate surface area is 116 Å². The van der Waals surface area contributed by atoms with Crippen LogP contribution in [0, 0.1) is 11.8 Å². The van der Waals surface area contributed by atoms with Gasteiger partial charge in [-0.1, -0.05) is 33.1 Å². The van der Waals surface area contributed by atoms with Gasteiger partial charge in [0.15, 0.2) is 5.78 Å². The molecule has 1 fully saturated rings. The van der Waals surface area contributed by atoms with Gasteiger partial charge in [0.25, 0.3) is 0 Å². The number of ketones is 1. The second-order valence-electron chi connectivity index (χ2n) is 6.21. The highest BCUT2D eigenvalue weighted by molar-refractivity contribution is 5.90. The summed E-state index contributed by atoms with van der Waals surface area (Å²) in [7, 11) is 0. The Bertz CT molecular complexity index is 307. The summed E-state index contributed by atoms with van der Waals surface area (Å²) in [6.07, 6.45) is 5.67. The van der Waals surface area contributed by atoms with Gasteiger partial charge >= 0.3 is 6.03 Å². The minimum atomic E-state index is -0.320. The Balaban J connectivity index is 2.68. The van der Waals surface area contributed by atoms with E-state index in [0.717, 1.165) is 12.8 Å². The van der Waals surface area contributed by atoms with E-state index < -0.39 is 0 Å². The van der Waals surface area contributed by atoms with Gasteiger partial charge in [0.05, 0.1) is 6.04 Å². The molecule has 2 amide bonds. The zero-order valence-electron chi connectivity index (χ0n) is 12.7. The molecule has 0 spiro atoms. The van der Waals surface area contributed by atoms with E-state index in [-0.39, 0.29) is 29.8 Å². The fraction of sp³-hybridized carbons (Fsp3) is 0.867. The molecule has 0 unspecified atom stereocenters. The monoisotopic (exact) mass is 268 g/mol. The molecule has 110 valence electrons. The standard InChI is InChI=1S/C15H28N2O2/c1-10(2)14(18)13(12-8-6-5-7-9-12)17-15(19)16-11(3)4/h10-13H,5-9H2,1-4H3,(H2,16,17,19)/t13-/m0/s1. The van der Waals surface area contributed by atoms with Crippen molar-refractivity contribution in [2.24, 2.45) is 11.8 Å². The number of amides is 2. The van der Waals surface area contributed by atoms with Crippen molar-refractivity contribution >= 4 is 11.8 Å². The Morgan fingerprint density at radius 1 is 0.947 bits per heavy atom. The topological polar surface area (TPSA) is 58.2 Å². The molecule has 1 saturated carbocycles. The van der Waals surface area contributed by atoms with Crippen molar-refractivity contribution in [2.45, 2.75) is 71.9 Å². The summed E-state index contributed by atoms with van der Waals surface area (Å²) in [5.74, 6) is 0.429. The smallest absolute Gasteiger partial charge is 0.315 e. The molecule has 0 aliphatic heterocycles. The number of hydrogen-bond donors (Lipinski definition) is 2. The lowest BCUT2D eigenvalue weighted by Gasteiger charge is -2.31. The first-order chi connectivity index (χ1) is 8.91. The lowest BCUT2D eigenvalue weighted by Crippen LogP contribution is -2.52. The number of urea groups is 1. The van der Waals surface area contributed by atoms with E-state index in [1.54, 1.807) is 0 Å². The van der Waals surface area contributed by atoms with Crippen LogP contribution in [0.3, 0.4) is 0 Å². The van der Waals surface area contributed by atoms with Crippen LogP contribution in [0.25, 0.3) is 0 Å². The van der Waals surface area contributed by atoms with Crippen LogP contribution in [0.4, 0.5) is 4.79 Å². The molecule has 0 heterocycles. The summed E-state index contributed by atoms with van der Waals surface area (Å²) in [4.78, 5) is 24.2. The summed E-state index contributed by atoms with van der Waals surface area (Å²) in [6, 6.07) is -0.459. The van der Waals surface area contributed by atoms with Crippen molar-refractivity contribution in [1.29, 1.82) is 0 Å². The van der Waals surface area contributed by atoms with Gasteiger partial charge in [-0.25, -0.2) is 4.79 Å². The van der Waals surface area contributed by atoms with Crippen LogP contribution in [-0.4, -0.2) is 23.9 Å². The van der Waals surface area contributed by atoms with Gasteiger partial charge < -0.3 is 10.6 Å². The molecule has 4 heteroatoms. The zero-order valence-corrected chi connectivity index (χ0v) is 12.7. The quantitative estimate of drug-likeness (QED) is 0.805. The number of hydrogen-bond acceptors (Lipinski definition) is 2. The van der Waals surface area contributed by atoms with Crippen LogP contribution >= 0.6 is 0 Å². The maximum Gasteiger partial charge on any atom is 0.315 e. The second-order valence-corrected chi connectivity index (χ2v) is 6.21. The van der Waals surface area contributed by atoms with Crippen molar-refractivity contribution < 1.29 is 9.59 Å². The summed E-state index contributed by atoms with van der Waals surface area (Å²) < 4.78 is 0. The van der Waals surface area contributed by atoms with Crippen LogP contribution in [0.2, 0.25) is 0 Å². The van der Waals surface area contributed by atoms with E-state index in [1.807, 2.05) is 27.7 Å². The van der Waals surface area contributed by atoms with E-state index in [2.05, 4.69) is 10.6 Å². The number of Topliss-reactive ketones (excluding diaryl/α,β-unsaturated/α-hetero) is 1. The third-order valence-corrected chi connectivity index (χ3v) is 3.70. The van der Waals surface area contributed by atoms with Gasteiger partial charge in [-0.05, 0) is 32.6 Å². The predicted octanol–water partition coefficient (Wildman–Crippen LogP) is 2.87. The molecular formula is C15H28N2O2. The predicted molar refractivity (Wildman–Crippen MR) is 77.0 cm³/mol. The normalized spacial score (nSPS) is 18.4. The average molecular weight is 268 g/mol. The highest BCUT2D eigenvalue weighted by Gasteiger charge is 2.31. The van der Waals surface area contributed by atoms with Crippen molar-refractivity contribution in [3.8, 4) is 0 Å². The molecule has 0 radical (unpaired) electrons. The van der Waals surface area contributed by atoms with E-state index in [0.29, 0.717) is 5.92 Å². The lowest BCUT2D eigenvalue weighted by molar-refractivity contribution is -0.125. The van der Waals surface area contributed by atoms with Crippen molar-refractivity contribution in [3.63, 3.8) is 0 Å². The number of carbonyl (C=O) groups excluding carboxylic acids is 2. The molecule has 0 saturated heterocycles. The van der Waals surface area contributed by atoms with Gasteiger partial charge in [-0.15, -0.1) is 0 Å². The molecule has 19 heavy (non-hydrogen) atoms. The molecular weight excluding hydrogens is 240 g/mol. The van der Waals surface area contributed by atoms with E-state index in [9.17, 15) is 9.59 Å². The summed E-state index contributed by atoms with van der Waals surface area (Å²) in [6.45, 7) is 7.64. The second kappa shape index (κ2) is 7.51. The van der Waals surface area contributed by atoms with Crippen molar-refractivity contribution in [2.75, 3.05) is 0 Å². The van der Waals surface area contributed by atoms with Gasteiger partial charge in [-0.2, -0.15) is 0 Å². The van der Waals surface area contributed by atoms with Gasteiger partial charge in [0.1, 0.15) is 0 Å². The first-order valence-corrected chi connectivity index (χ1v) is 7.52. The van der Waals surface area contributed by atoms with Crippen LogP contribution in [-0.2, 0) is 4.79 Å². The Morgan fingerprint density at radius 3 is 2.00 bits per heavy atom. The molecule has 1 aliphatic carbocycles. The fourth-order valence-electron chi connectivity index (χ4n) is 2.69. The molecule has 1 rings (SSSR count). The maximum absolute atomic E-state index is 12.3. The van der Waals surface area contributed by atoms with Crippen molar-refractivity contribution in [1.82, 2.24) is 10.6 Å². The summed E-state index contributed by atoms with van der Waals surface area (Å²) in [5, 5.41) is 5.70. The molecule has 0 aromatic carbocycles. The van der Waals surface area contributed by atoms with Crippen LogP contribution < -0.4 is 10.6 Å². The van der Waals surface area contributed by atoms with E-state index in [4.69, 9.17) is 0 Å². The molecule has 0 aromatic rings. The van der Waals surface area contributed by atoms with Crippen LogP contribution in [0.15, 0.2) is 0 Å². The largest absolute Gasteiger partial charge is 0.336 e. The molecule has 1 aliphatic rings. The highest BCUT2D eigenvalue weighted by Crippen LogP contribution is 2.28.